The Kier molecular flexibility index (Phi) is 4.30. The number of hydrogen-bond acceptors (Lipinski definition) is 7. The largest absolute Gasteiger partial charge is 0.442 e. The van der Waals surface area contributed by atoms with Gasteiger partial charge in [0.15, 0.2) is 16.1 Å². The maximum atomic E-state index is 8.31. The fraction of sp³-hybridized carbons (Fsp3) is 0.235. The zero-order valence-corrected chi connectivity index (χ0v) is 15.7. The minimum atomic E-state index is 0.225. The highest BCUT2D eigenvalue weighted by Gasteiger charge is 2.24. The highest BCUT2D eigenvalue weighted by atomic mass is 79.9. The first kappa shape index (κ1) is 16.3. The molecule has 0 saturated heterocycles. The molecule has 1 aliphatic rings. The van der Waals surface area contributed by atoms with Crippen LogP contribution in [0.25, 0.3) is 0 Å². The average molecular weight is 418 g/mol. The number of nitrogens with one attached hydrogen (secondary N) is 2. The van der Waals surface area contributed by atoms with E-state index in [0.29, 0.717) is 17.0 Å². The number of halogens is 1. The molecule has 3 aromatic rings. The molecule has 1 aliphatic carbocycles. The second-order valence-corrected chi connectivity index (χ2v) is 8.22. The van der Waals surface area contributed by atoms with E-state index in [1.165, 1.54) is 23.2 Å². The molecular weight excluding hydrogens is 402 g/mol. The maximum absolute atomic E-state index is 8.31. The van der Waals surface area contributed by atoms with Gasteiger partial charge in [-0.3, -0.25) is 5.41 Å². The molecule has 2 heterocycles. The summed E-state index contributed by atoms with van der Waals surface area (Å²) in [4.78, 5) is 9.71. The number of aryl methyl sites for hydroxylation is 1. The lowest BCUT2D eigenvalue weighted by Gasteiger charge is -2.24. The molecule has 2 aromatic heterocycles. The number of rotatable bonds is 4. The lowest BCUT2D eigenvalue weighted by molar-refractivity contribution is 0.548. The van der Waals surface area contributed by atoms with E-state index in [0.717, 1.165) is 28.9 Å². The van der Waals surface area contributed by atoms with E-state index in [1.807, 2.05) is 18.2 Å². The van der Waals surface area contributed by atoms with Crippen molar-refractivity contribution in [3.63, 3.8) is 0 Å². The predicted octanol–water partition coefficient (Wildman–Crippen LogP) is 4.38. The number of nitrogen functional groups attached to an aromatic ring is 1. The fourth-order valence-electron chi connectivity index (χ4n) is 3.06. The Hall–Kier alpha value is -2.19. The Labute approximate surface area is 157 Å². The first-order valence-electron chi connectivity index (χ1n) is 7.91. The van der Waals surface area contributed by atoms with Gasteiger partial charge in [0.05, 0.1) is 22.8 Å². The van der Waals surface area contributed by atoms with Crippen LogP contribution in [0.1, 0.15) is 40.8 Å². The van der Waals surface area contributed by atoms with Crippen molar-refractivity contribution in [3.05, 3.63) is 56.6 Å². The van der Waals surface area contributed by atoms with Crippen LogP contribution in [0.15, 0.2) is 39.1 Å². The van der Waals surface area contributed by atoms with Gasteiger partial charge in [-0.15, -0.1) is 11.3 Å². The SMILES string of the molecule is N=C(c1cnco1)c1cc(NC2CCCc3nc(Br)sc32)ccc1N. The van der Waals surface area contributed by atoms with E-state index in [2.05, 4.69) is 31.2 Å². The summed E-state index contributed by atoms with van der Waals surface area (Å²) in [6.45, 7) is 0. The molecule has 0 amide bonds. The van der Waals surface area contributed by atoms with Crippen LogP contribution in [0.3, 0.4) is 0 Å². The summed E-state index contributed by atoms with van der Waals surface area (Å²) >= 11 is 5.17. The third-order valence-corrected chi connectivity index (χ3v) is 5.93. The minimum absolute atomic E-state index is 0.225. The number of hydrogen-bond donors (Lipinski definition) is 3. The molecule has 25 heavy (non-hydrogen) atoms. The van der Waals surface area contributed by atoms with Crippen molar-refractivity contribution in [2.45, 2.75) is 25.3 Å². The lowest BCUT2D eigenvalue weighted by Crippen LogP contribution is -2.16. The van der Waals surface area contributed by atoms with Gasteiger partial charge in [-0.1, -0.05) is 0 Å². The number of nitrogens with zero attached hydrogens (tertiary/aromatic N) is 2. The number of oxazole rings is 1. The van der Waals surface area contributed by atoms with E-state index in [4.69, 9.17) is 15.6 Å². The number of nitrogens with two attached hydrogens (primary N) is 1. The van der Waals surface area contributed by atoms with Gasteiger partial charge in [-0.25, -0.2) is 9.97 Å². The summed E-state index contributed by atoms with van der Waals surface area (Å²) in [6.07, 6.45) is 6.02. The van der Waals surface area contributed by atoms with Gasteiger partial charge >= 0.3 is 0 Å². The molecule has 0 spiro atoms. The van der Waals surface area contributed by atoms with Crippen LogP contribution in [-0.4, -0.2) is 15.7 Å². The van der Waals surface area contributed by atoms with Crippen molar-refractivity contribution >= 4 is 44.4 Å². The van der Waals surface area contributed by atoms with E-state index >= 15 is 0 Å². The van der Waals surface area contributed by atoms with Gasteiger partial charge in [0, 0.05) is 16.9 Å². The minimum Gasteiger partial charge on any atom is -0.442 e. The second kappa shape index (κ2) is 6.61. The van der Waals surface area contributed by atoms with Crippen LogP contribution in [-0.2, 0) is 6.42 Å². The number of anilines is 2. The Morgan fingerprint density at radius 2 is 2.32 bits per heavy atom. The molecular formula is C17H16BrN5OS. The highest BCUT2D eigenvalue weighted by molar-refractivity contribution is 9.11. The van der Waals surface area contributed by atoms with E-state index in [-0.39, 0.29) is 11.8 Å². The van der Waals surface area contributed by atoms with Crippen molar-refractivity contribution in [3.8, 4) is 0 Å². The van der Waals surface area contributed by atoms with Crippen molar-refractivity contribution in [1.29, 1.82) is 5.41 Å². The number of fused-ring (bicyclic) bond motifs is 1. The first-order chi connectivity index (χ1) is 12.1. The summed E-state index contributed by atoms with van der Waals surface area (Å²) in [7, 11) is 0. The molecule has 8 heteroatoms. The van der Waals surface area contributed by atoms with Gasteiger partial charge in [0.2, 0.25) is 0 Å². The van der Waals surface area contributed by atoms with Crippen molar-refractivity contribution in [1.82, 2.24) is 9.97 Å². The summed E-state index contributed by atoms with van der Waals surface area (Å²) in [5.74, 6) is 0.398. The van der Waals surface area contributed by atoms with Crippen molar-refractivity contribution < 1.29 is 4.42 Å². The molecule has 0 aliphatic heterocycles. The zero-order chi connectivity index (χ0) is 17.4. The topological polar surface area (TPSA) is 101 Å². The van der Waals surface area contributed by atoms with Gasteiger partial charge in [-0.05, 0) is 53.4 Å². The van der Waals surface area contributed by atoms with E-state index < -0.39 is 0 Å². The molecule has 4 rings (SSSR count). The molecule has 0 fully saturated rings. The van der Waals surface area contributed by atoms with Crippen LogP contribution in [0.5, 0.6) is 0 Å². The zero-order valence-electron chi connectivity index (χ0n) is 13.3. The molecule has 0 bridgehead atoms. The van der Waals surface area contributed by atoms with Crippen LogP contribution in [0.2, 0.25) is 0 Å². The van der Waals surface area contributed by atoms with E-state index in [9.17, 15) is 0 Å². The quantitative estimate of drug-likeness (QED) is 0.431. The summed E-state index contributed by atoms with van der Waals surface area (Å²) in [6, 6.07) is 5.87. The molecule has 4 N–H and O–H groups in total. The van der Waals surface area contributed by atoms with Crippen molar-refractivity contribution in [2.75, 3.05) is 11.1 Å². The Balaban J connectivity index is 1.62. The van der Waals surface area contributed by atoms with Crippen LogP contribution in [0.4, 0.5) is 11.4 Å². The standard InChI is InChI=1S/C17H16BrN5OS/c18-17-23-13-3-1-2-12(16(13)25-17)22-9-4-5-11(19)10(6-9)15(20)14-7-21-8-24-14/h4-8,12,20,22H,1-3,19H2. The Morgan fingerprint density at radius 1 is 1.44 bits per heavy atom. The third kappa shape index (κ3) is 3.19. The molecule has 128 valence electrons. The van der Waals surface area contributed by atoms with Gasteiger partial charge < -0.3 is 15.5 Å². The van der Waals surface area contributed by atoms with Crippen LogP contribution in [0, 0.1) is 5.41 Å². The summed E-state index contributed by atoms with van der Waals surface area (Å²) in [5.41, 5.74) is 9.56. The molecule has 1 atom stereocenters. The Bertz CT molecular complexity index is 921. The smallest absolute Gasteiger partial charge is 0.181 e. The van der Waals surface area contributed by atoms with Crippen LogP contribution >= 0.6 is 27.3 Å². The summed E-state index contributed by atoms with van der Waals surface area (Å²) in [5, 5.41) is 11.9. The van der Waals surface area contributed by atoms with Crippen molar-refractivity contribution in [2.24, 2.45) is 0 Å². The maximum Gasteiger partial charge on any atom is 0.181 e. The average Bonchev–Trinajstić information content (AvgIpc) is 3.25. The third-order valence-electron chi connectivity index (χ3n) is 4.27. The Morgan fingerprint density at radius 3 is 3.12 bits per heavy atom. The molecule has 6 nitrogen and oxygen atoms in total. The van der Waals surface area contributed by atoms with Gasteiger partial charge in [0.1, 0.15) is 5.71 Å². The van der Waals surface area contributed by atoms with Crippen LogP contribution < -0.4 is 11.1 Å². The highest BCUT2D eigenvalue weighted by Crippen LogP contribution is 2.38. The molecule has 1 aromatic carbocycles. The lowest BCUT2D eigenvalue weighted by atomic mass is 9.97. The summed E-state index contributed by atoms with van der Waals surface area (Å²) < 4.78 is 6.15. The normalized spacial score (nSPS) is 16.4. The fourth-order valence-corrected chi connectivity index (χ4v) is 4.72. The van der Waals surface area contributed by atoms with E-state index in [1.54, 1.807) is 11.3 Å². The number of aromatic nitrogens is 2. The molecule has 1 unspecified atom stereocenters. The number of benzene rings is 1. The monoisotopic (exact) mass is 417 g/mol. The predicted molar refractivity (Wildman–Crippen MR) is 102 cm³/mol. The number of thiazole rings is 1. The molecule has 0 saturated carbocycles. The van der Waals surface area contributed by atoms with Gasteiger partial charge in [0.25, 0.3) is 0 Å². The molecule has 0 radical (unpaired) electrons. The van der Waals surface area contributed by atoms with Gasteiger partial charge in [-0.2, -0.15) is 0 Å². The first-order valence-corrected chi connectivity index (χ1v) is 9.51. The second-order valence-electron chi connectivity index (χ2n) is 5.91.